The van der Waals surface area contributed by atoms with Crippen LogP contribution in [0.5, 0.6) is 11.5 Å². The predicted octanol–water partition coefficient (Wildman–Crippen LogP) is 2.27. The van der Waals surface area contributed by atoms with Crippen molar-refractivity contribution in [1.82, 2.24) is 10.2 Å². The predicted molar refractivity (Wildman–Crippen MR) is 106 cm³/mol. The van der Waals surface area contributed by atoms with E-state index in [4.69, 9.17) is 9.47 Å². The van der Waals surface area contributed by atoms with Crippen LogP contribution in [0, 0.1) is 13.8 Å². The lowest BCUT2D eigenvalue weighted by Gasteiger charge is -2.33. The van der Waals surface area contributed by atoms with Crippen LogP contribution in [-0.4, -0.2) is 47.8 Å². The lowest BCUT2D eigenvalue weighted by atomic mass is 9.84. The van der Waals surface area contributed by atoms with E-state index in [1.165, 1.54) is 0 Å². The van der Waals surface area contributed by atoms with E-state index in [1.54, 1.807) is 12.1 Å². The molecule has 2 N–H and O–H groups in total. The number of hydrogen-bond donors (Lipinski definition) is 2. The van der Waals surface area contributed by atoms with Gasteiger partial charge in [0.1, 0.15) is 24.2 Å². The van der Waals surface area contributed by atoms with E-state index >= 15 is 0 Å². The highest BCUT2D eigenvalue weighted by molar-refractivity contribution is 6.08. The zero-order valence-electron chi connectivity index (χ0n) is 16.5. The van der Waals surface area contributed by atoms with Crippen LogP contribution in [-0.2, 0) is 10.3 Å². The molecule has 7 heteroatoms. The molecule has 0 aliphatic carbocycles. The van der Waals surface area contributed by atoms with Gasteiger partial charge in [-0.25, -0.2) is 4.79 Å². The van der Waals surface area contributed by atoms with Gasteiger partial charge < -0.3 is 19.9 Å². The Hall–Kier alpha value is -3.06. The Balaban J connectivity index is 1.48. The van der Waals surface area contributed by atoms with Gasteiger partial charge in [0, 0.05) is 12.0 Å². The van der Waals surface area contributed by atoms with Crippen LogP contribution in [0.2, 0.25) is 0 Å². The number of hydrogen-bond acceptors (Lipinski definition) is 5. The third-order valence-electron chi connectivity index (χ3n) is 5.48. The second-order valence-corrected chi connectivity index (χ2v) is 7.53. The summed E-state index contributed by atoms with van der Waals surface area (Å²) in [6, 6.07) is 12.5. The van der Waals surface area contributed by atoms with Gasteiger partial charge in [0.2, 0.25) is 0 Å². The number of aliphatic hydroxyl groups is 1. The fourth-order valence-electron chi connectivity index (χ4n) is 4.01. The number of para-hydroxylation sites is 2. The quantitative estimate of drug-likeness (QED) is 0.757. The number of amides is 3. The van der Waals surface area contributed by atoms with Gasteiger partial charge in [-0.2, -0.15) is 0 Å². The highest BCUT2D eigenvalue weighted by atomic mass is 16.5. The second-order valence-electron chi connectivity index (χ2n) is 7.53. The molecule has 2 atom stereocenters. The van der Waals surface area contributed by atoms with E-state index in [2.05, 4.69) is 5.32 Å². The molecule has 0 radical (unpaired) electrons. The van der Waals surface area contributed by atoms with Crippen LogP contribution < -0.4 is 14.8 Å². The van der Waals surface area contributed by atoms with Crippen molar-refractivity contribution in [2.24, 2.45) is 0 Å². The molecule has 29 heavy (non-hydrogen) atoms. The molecular weight excluding hydrogens is 372 g/mol. The number of ether oxygens (including phenoxy) is 2. The first-order valence-electron chi connectivity index (χ1n) is 9.66. The lowest BCUT2D eigenvalue weighted by Crippen LogP contribution is -2.48. The number of imide groups is 1. The molecule has 1 fully saturated rings. The Labute approximate surface area is 169 Å². The first-order chi connectivity index (χ1) is 13.9. The molecule has 0 saturated carbocycles. The van der Waals surface area contributed by atoms with E-state index in [0.29, 0.717) is 30.1 Å². The monoisotopic (exact) mass is 396 g/mol. The number of rotatable bonds is 5. The lowest BCUT2D eigenvalue weighted by molar-refractivity contribution is -0.133. The number of urea groups is 1. The highest BCUT2D eigenvalue weighted by Gasteiger charge is 2.55. The summed E-state index contributed by atoms with van der Waals surface area (Å²) in [5.74, 6) is 0.927. The standard InChI is InChI=1S/C22H24N2O5/c1-14-6-5-7-15(2)19(14)29-13-16(25)12-24-20(26)22(23-21(24)27)10-11-28-18-9-4-3-8-17(18)22/h3-9,16,25H,10-13H2,1-2H3,(H,23,27)/t16-,22+/m0/s1. The number of carbonyl (C=O) groups is 2. The summed E-state index contributed by atoms with van der Waals surface area (Å²) in [4.78, 5) is 26.9. The van der Waals surface area contributed by atoms with Crippen molar-refractivity contribution in [2.75, 3.05) is 19.8 Å². The molecule has 0 aromatic heterocycles. The highest BCUT2D eigenvalue weighted by Crippen LogP contribution is 2.41. The minimum Gasteiger partial charge on any atom is -0.493 e. The van der Waals surface area contributed by atoms with Crippen LogP contribution in [0.15, 0.2) is 42.5 Å². The first-order valence-corrected chi connectivity index (χ1v) is 9.66. The van der Waals surface area contributed by atoms with Crippen molar-refractivity contribution in [3.8, 4) is 11.5 Å². The molecule has 2 heterocycles. The van der Waals surface area contributed by atoms with Gasteiger partial charge in [-0.1, -0.05) is 36.4 Å². The van der Waals surface area contributed by atoms with Gasteiger partial charge in [-0.3, -0.25) is 9.69 Å². The summed E-state index contributed by atoms with van der Waals surface area (Å²) in [5, 5.41) is 13.3. The second kappa shape index (κ2) is 7.40. The topological polar surface area (TPSA) is 88.1 Å². The maximum absolute atomic E-state index is 13.2. The fraction of sp³-hybridized carbons (Fsp3) is 0.364. The molecule has 0 unspecified atom stereocenters. The van der Waals surface area contributed by atoms with Crippen LogP contribution >= 0.6 is 0 Å². The number of nitrogens with zero attached hydrogens (tertiary/aromatic N) is 1. The number of β-amino-alcohol motifs (C(OH)–C–C–N with tert-alkyl or cyclic N) is 1. The molecule has 4 rings (SSSR count). The largest absolute Gasteiger partial charge is 0.493 e. The van der Waals surface area contributed by atoms with E-state index in [0.717, 1.165) is 16.0 Å². The molecule has 1 spiro atoms. The third kappa shape index (κ3) is 3.31. The molecule has 0 bridgehead atoms. The van der Waals surface area contributed by atoms with Crippen LogP contribution in [0.25, 0.3) is 0 Å². The number of aliphatic hydroxyl groups excluding tert-OH is 1. The summed E-state index contributed by atoms with van der Waals surface area (Å²) in [6.45, 7) is 4.03. The van der Waals surface area contributed by atoms with Crippen molar-refractivity contribution >= 4 is 11.9 Å². The Kier molecular flexibility index (Phi) is 4.92. The Bertz CT molecular complexity index is 940. The minimum absolute atomic E-state index is 0.0184. The summed E-state index contributed by atoms with van der Waals surface area (Å²) in [5.41, 5.74) is 1.43. The maximum atomic E-state index is 13.2. The van der Waals surface area contributed by atoms with Crippen LogP contribution in [0.4, 0.5) is 4.79 Å². The first kappa shape index (κ1) is 19.3. The summed E-state index contributed by atoms with van der Waals surface area (Å²) >= 11 is 0. The van der Waals surface area contributed by atoms with Crippen LogP contribution in [0.3, 0.4) is 0 Å². The Morgan fingerprint density at radius 3 is 2.66 bits per heavy atom. The maximum Gasteiger partial charge on any atom is 0.325 e. The molecule has 2 aromatic rings. The van der Waals surface area contributed by atoms with Crippen molar-refractivity contribution in [2.45, 2.75) is 31.9 Å². The van der Waals surface area contributed by atoms with Crippen LogP contribution in [0.1, 0.15) is 23.1 Å². The van der Waals surface area contributed by atoms with Crippen molar-refractivity contribution in [3.05, 3.63) is 59.2 Å². The van der Waals surface area contributed by atoms with E-state index in [1.807, 2.05) is 44.2 Å². The van der Waals surface area contributed by atoms with Crippen molar-refractivity contribution in [1.29, 1.82) is 0 Å². The fourth-order valence-corrected chi connectivity index (χ4v) is 4.01. The van der Waals surface area contributed by atoms with E-state index in [9.17, 15) is 14.7 Å². The van der Waals surface area contributed by atoms with Gasteiger partial charge >= 0.3 is 6.03 Å². The molecule has 2 aliphatic heterocycles. The number of nitrogens with one attached hydrogen (secondary N) is 1. The molecular formula is C22H24N2O5. The third-order valence-corrected chi connectivity index (χ3v) is 5.48. The number of fused-ring (bicyclic) bond motifs is 2. The molecule has 1 saturated heterocycles. The molecule has 2 aliphatic rings. The van der Waals surface area contributed by atoms with Crippen molar-refractivity contribution < 1.29 is 24.2 Å². The Morgan fingerprint density at radius 2 is 1.90 bits per heavy atom. The Morgan fingerprint density at radius 1 is 1.17 bits per heavy atom. The number of aryl methyl sites for hydroxylation is 2. The molecule has 152 valence electrons. The zero-order chi connectivity index (χ0) is 20.6. The number of carbonyl (C=O) groups excluding carboxylic acids is 2. The average Bonchev–Trinajstić information content (AvgIpc) is 2.93. The van der Waals surface area contributed by atoms with Gasteiger partial charge in [-0.15, -0.1) is 0 Å². The SMILES string of the molecule is Cc1cccc(C)c1OC[C@@H](O)CN1C(=O)N[C@@]2(CCOc3ccccc32)C1=O. The summed E-state index contributed by atoms with van der Waals surface area (Å²) in [6.07, 6.45) is -0.658. The van der Waals surface area contributed by atoms with Gasteiger partial charge in [0.15, 0.2) is 5.54 Å². The molecule has 3 amide bonds. The van der Waals surface area contributed by atoms with E-state index < -0.39 is 17.7 Å². The summed E-state index contributed by atoms with van der Waals surface area (Å²) < 4.78 is 11.4. The smallest absolute Gasteiger partial charge is 0.325 e. The molecule has 7 nitrogen and oxygen atoms in total. The zero-order valence-corrected chi connectivity index (χ0v) is 16.5. The normalized spacial score (nSPS) is 21.6. The number of benzene rings is 2. The van der Waals surface area contributed by atoms with Gasteiger partial charge in [0.05, 0.1) is 13.2 Å². The summed E-state index contributed by atoms with van der Waals surface area (Å²) in [7, 11) is 0. The molecule has 2 aromatic carbocycles. The van der Waals surface area contributed by atoms with E-state index in [-0.39, 0.29) is 19.1 Å². The van der Waals surface area contributed by atoms with Gasteiger partial charge in [-0.05, 0) is 31.0 Å². The minimum atomic E-state index is -1.14. The van der Waals surface area contributed by atoms with Gasteiger partial charge in [0.25, 0.3) is 5.91 Å². The average molecular weight is 396 g/mol. The van der Waals surface area contributed by atoms with Crippen molar-refractivity contribution in [3.63, 3.8) is 0 Å².